The highest BCUT2D eigenvalue weighted by atomic mass is 16.3. The quantitative estimate of drug-likeness (QED) is 0.602. The average Bonchev–Trinajstić information content (AvgIpc) is 2.46. The van der Waals surface area contributed by atoms with E-state index >= 15 is 0 Å². The molecule has 1 rings (SSSR count). The molecule has 13 heavy (non-hydrogen) atoms. The Hall–Kier alpha value is -0.120. The fourth-order valence-electron chi connectivity index (χ4n) is 2.51. The third kappa shape index (κ3) is 1.73. The summed E-state index contributed by atoms with van der Waals surface area (Å²) in [4.78, 5) is 0. The highest BCUT2D eigenvalue weighted by Crippen LogP contribution is 2.44. The van der Waals surface area contributed by atoms with Crippen LogP contribution in [0.3, 0.4) is 0 Å². The van der Waals surface area contributed by atoms with Crippen molar-refractivity contribution in [2.45, 2.75) is 45.3 Å². The van der Waals surface area contributed by atoms with Crippen molar-refractivity contribution in [2.24, 2.45) is 17.1 Å². The first-order chi connectivity index (χ1) is 6.04. The number of nitrogens with two attached hydrogens (primary N) is 1. The highest BCUT2D eigenvalue weighted by Gasteiger charge is 2.46. The summed E-state index contributed by atoms with van der Waals surface area (Å²) >= 11 is 0. The van der Waals surface area contributed by atoms with Gasteiger partial charge in [0.2, 0.25) is 0 Å². The molecular weight excluding hydrogens is 166 g/mol. The van der Waals surface area contributed by atoms with Gasteiger partial charge in [0.05, 0.1) is 12.2 Å². The van der Waals surface area contributed by atoms with Gasteiger partial charge in [-0.3, -0.25) is 0 Å². The lowest BCUT2D eigenvalue weighted by Gasteiger charge is -2.39. The van der Waals surface area contributed by atoms with Gasteiger partial charge in [-0.2, -0.15) is 0 Å². The summed E-state index contributed by atoms with van der Waals surface area (Å²) in [6.07, 6.45) is 2.07. The van der Waals surface area contributed by atoms with Crippen LogP contribution in [-0.2, 0) is 0 Å². The van der Waals surface area contributed by atoms with Crippen LogP contribution in [0.4, 0.5) is 0 Å². The molecule has 0 spiro atoms. The third-order valence-corrected chi connectivity index (χ3v) is 3.79. The van der Waals surface area contributed by atoms with Crippen molar-refractivity contribution in [3.8, 4) is 0 Å². The molecule has 3 nitrogen and oxygen atoms in total. The summed E-state index contributed by atoms with van der Waals surface area (Å²) in [5, 5.41) is 19.4. The number of rotatable bonds is 3. The van der Waals surface area contributed by atoms with Crippen molar-refractivity contribution in [1.82, 2.24) is 0 Å². The molecule has 0 aromatic rings. The smallest absolute Gasteiger partial charge is 0.0612 e. The molecule has 0 saturated heterocycles. The van der Waals surface area contributed by atoms with Crippen LogP contribution in [0.5, 0.6) is 0 Å². The van der Waals surface area contributed by atoms with Gasteiger partial charge >= 0.3 is 0 Å². The Morgan fingerprint density at radius 3 is 2.46 bits per heavy atom. The van der Waals surface area contributed by atoms with Gasteiger partial charge in [0.25, 0.3) is 0 Å². The molecule has 4 atom stereocenters. The van der Waals surface area contributed by atoms with Gasteiger partial charge < -0.3 is 15.9 Å². The molecule has 1 aliphatic rings. The minimum atomic E-state index is -0.392. The van der Waals surface area contributed by atoms with E-state index in [9.17, 15) is 10.2 Å². The first-order valence-corrected chi connectivity index (χ1v) is 5.11. The molecule has 0 radical (unpaired) electrons. The molecule has 4 N–H and O–H groups in total. The molecule has 1 fully saturated rings. The Balaban J connectivity index is 2.79. The fourth-order valence-corrected chi connectivity index (χ4v) is 2.51. The van der Waals surface area contributed by atoms with E-state index in [4.69, 9.17) is 5.73 Å². The Labute approximate surface area is 79.9 Å². The summed E-state index contributed by atoms with van der Waals surface area (Å²) in [5.41, 5.74) is 5.48. The molecule has 1 saturated carbocycles. The molecule has 0 aliphatic heterocycles. The summed E-state index contributed by atoms with van der Waals surface area (Å²) in [5.74, 6) is 0.0787. The SMILES string of the molecule is CC(O)C(C)C1(CN)CCCC1O. The second-order valence-electron chi connectivity index (χ2n) is 4.37. The maximum Gasteiger partial charge on any atom is 0.0612 e. The van der Waals surface area contributed by atoms with Crippen LogP contribution in [0.15, 0.2) is 0 Å². The number of hydrogen-bond donors (Lipinski definition) is 3. The zero-order valence-corrected chi connectivity index (χ0v) is 8.53. The standard InChI is InChI=1S/C10H21NO2/c1-7(8(2)12)10(6-11)5-3-4-9(10)13/h7-9,12-13H,3-6,11H2,1-2H3. The Kier molecular flexibility index (Phi) is 3.33. The fraction of sp³-hybridized carbons (Fsp3) is 1.00. The molecule has 0 amide bonds. The predicted octanol–water partition coefficient (Wildman–Crippen LogP) is 0.493. The average molecular weight is 187 g/mol. The molecule has 0 bridgehead atoms. The summed E-state index contributed by atoms with van der Waals surface area (Å²) in [6, 6.07) is 0. The van der Waals surface area contributed by atoms with Crippen LogP contribution in [0.1, 0.15) is 33.1 Å². The number of aliphatic hydroxyl groups excluding tert-OH is 2. The van der Waals surface area contributed by atoms with E-state index in [0.717, 1.165) is 19.3 Å². The first kappa shape index (κ1) is 11.0. The van der Waals surface area contributed by atoms with E-state index in [1.54, 1.807) is 6.92 Å². The van der Waals surface area contributed by atoms with Crippen LogP contribution >= 0.6 is 0 Å². The van der Waals surface area contributed by atoms with Gasteiger partial charge in [-0.25, -0.2) is 0 Å². The van der Waals surface area contributed by atoms with Crippen LogP contribution in [0, 0.1) is 11.3 Å². The number of hydrogen-bond acceptors (Lipinski definition) is 3. The van der Waals surface area contributed by atoms with Crippen molar-refractivity contribution >= 4 is 0 Å². The van der Waals surface area contributed by atoms with Gasteiger partial charge in [-0.15, -0.1) is 0 Å². The molecule has 4 unspecified atom stereocenters. The predicted molar refractivity (Wildman–Crippen MR) is 52.2 cm³/mol. The Morgan fingerprint density at radius 1 is 1.54 bits per heavy atom. The van der Waals surface area contributed by atoms with E-state index < -0.39 is 6.10 Å². The lowest BCUT2D eigenvalue weighted by atomic mass is 9.71. The zero-order valence-electron chi connectivity index (χ0n) is 8.53. The van der Waals surface area contributed by atoms with Crippen LogP contribution < -0.4 is 5.73 Å². The maximum absolute atomic E-state index is 9.87. The second-order valence-corrected chi connectivity index (χ2v) is 4.37. The van der Waals surface area contributed by atoms with E-state index in [1.807, 2.05) is 6.92 Å². The highest BCUT2D eigenvalue weighted by molar-refractivity contribution is 4.97. The Morgan fingerprint density at radius 2 is 2.15 bits per heavy atom. The van der Waals surface area contributed by atoms with Crippen molar-refractivity contribution in [3.05, 3.63) is 0 Å². The van der Waals surface area contributed by atoms with Crippen molar-refractivity contribution in [3.63, 3.8) is 0 Å². The first-order valence-electron chi connectivity index (χ1n) is 5.11. The summed E-state index contributed by atoms with van der Waals surface area (Å²) in [6.45, 7) is 4.22. The van der Waals surface area contributed by atoms with E-state index in [2.05, 4.69) is 0 Å². The molecule has 78 valence electrons. The van der Waals surface area contributed by atoms with Crippen molar-refractivity contribution < 1.29 is 10.2 Å². The van der Waals surface area contributed by atoms with Crippen LogP contribution in [0.2, 0.25) is 0 Å². The van der Waals surface area contributed by atoms with Gasteiger partial charge in [0.1, 0.15) is 0 Å². The van der Waals surface area contributed by atoms with Crippen molar-refractivity contribution in [1.29, 1.82) is 0 Å². The van der Waals surface area contributed by atoms with Gasteiger partial charge in [0, 0.05) is 12.0 Å². The zero-order chi connectivity index (χ0) is 10.1. The van der Waals surface area contributed by atoms with Crippen LogP contribution in [-0.4, -0.2) is 29.0 Å². The van der Waals surface area contributed by atoms with E-state index in [0.29, 0.717) is 6.54 Å². The largest absolute Gasteiger partial charge is 0.393 e. The lowest BCUT2D eigenvalue weighted by molar-refractivity contribution is -0.0308. The lowest BCUT2D eigenvalue weighted by Crippen LogP contribution is -2.46. The molecule has 1 aliphatic carbocycles. The topological polar surface area (TPSA) is 66.5 Å². The van der Waals surface area contributed by atoms with Crippen LogP contribution in [0.25, 0.3) is 0 Å². The van der Waals surface area contributed by atoms with Gasteiger partial charge in [-0.05, 0) is 25.7 Å². The van der Waals surface area contributed by atoms with E-state index in [1.165, 1.54) is 0 Å². The maximum atomic E-state index is 9.87. The number of aliphatic hydroxyl groups is 2. The molecule has 0 aromatic heterocycles. The molecule has 3 heteroatoms. The Bertz CT molecular complexity index is 172. The van der Waals surface area contributed by atoms with Gasteiger partial charge in [0.15, 0.2) is 0 Å². The molecule has 0 heterocycles. The minimum absolute atomic E-state index is 0.0787. The van der Waals surface area contributed by atoms with E-state index in [-0.39, 0.29) is 17.4 Å². The normalized spacial score (nSPS) is 39.0. The summed E-state index contributed by atoms with van der Waals surface area (Å²) < 4.78 is 0. The second kappa shape index (κ2) is 3.95. The minimum Gasteiger partial charge on any atom is -0.393 e. The van der Waals surface area contributed by atoms with Crippen molar-refractivity contribution in [2.75, 3.05) is 6.54 Å². The molecular formula is C10H21NO2. The monoisotopic (exact) mass is 187 g/mol. The molecule has 0 aromatic carbocycles. The van der Waals surface area contributed by atoms with Gasteiger partial charge in [-0.1, -0.05) is 13.3 Å². The third-order valence-electron chi connectivity index (χ3n) is 3.79. The summed E-state index contributed by atoms with van der Waals surface area (Å²) in [7, 11) is 0.